The Morgan fingerprint density at radius 2 is 2.00 bits per heavy atom. The maximum Gasteiger partial charge on any atom is 0.0501 e. The molecule has 0 radical (unpaired) electrons. The van der Waals surface area contributed by atoms with Gasteiger partial charge in [0.2, 0.25) is 0 Å². The number of hydrogen-bond donors (Lipinski definition) is 2. The van der Waals surface area contributed by atoms with E-state index in [4.69, 9.17) is 11.5 Å². The molecular weight excluding hydrogens is 112 g/mol. The van der Waals surface area contributed by atoms with E-state index < -0.39 is 0 Å². The van der Waals surface area contributed by atoms with Crippen molar-refractivity contribution in [1.29, 1.82) is 0 Å². The zero-order valence-corrected chi connectivity index (χ0v) is 5.59. The first-order chi connectivity index (χ1) is 4.18. The largest absolute Gasteiger partial charge is 0.401 e. The Morgan fingerprint density at radius 1 is 1.44 bits per heavy atom. The third-order valence-corrected chi connectivity index (χ3v) is 0.867. The topological polar surface area (TPSA) is 52.0 Å². The van der Waals surface area contributed by atoms with E-state index in [1.165, 1.54) is 0 Å². The van der Waals surface area contributed by atoms with E-state index in [1.54, 1.807) is 25.2 Å². The quantitative estimate of drug-likeness (QED) is 0.537. The smallest absolute Gasteiger partial charge is 0.0501 e. The van der Waals surface area contributed by atoms with Crippen LogP contribution in [0.2, 0.25) is 0 Å². The minimum absolute atomic E-state index is 0.593. The van der Waals surface area contributed by atoms with Crippen LogP contribution in [0.15, 0.2) is 36.2 Å². The Morgan fingerprint density at radius 3 is 2.33 bits per heavy atom. The van der Waals surface area contributed by atoms with Crippen LogP contribution in [0.3, 0.4) is 0 Å². The molecular formula is C7H12N2. The number of hydrogen-bond acceptors (Lipinski definition) is 2. The Labute approximate surface area is 55.5 Å². The molecule has 0 fully saturated rings. The number of allylic oxidation sites excluding steroid dienone is 4. The molecule has 2 heteroatoms. The molecule has 0 atom stereocenters. The maximum absolute atomic E-state index is 5.42. The summed E-state index contributed by atoms with van der Waals surface area (Å²) in [4.78, 5) is 0. The molecule has 0 aromatic carbocycles. The van der Waals surface area contributed by atoms with Gasteiger partial charge in [0.05, 0.1) is 5.70 Å². The molecule has 0 spiro atoms. The maximum atomic E-state index is 5.42. The highest BCUT2D eigenvalue weighted by atomic mass is 14.7. The Kier molecular flexibility index (Phi) is 3.28. The third kappa shape index (κ3) is 3.41. The lowest BCUT2D eigenvalue weighted by molar-refractivity contribution is 1.21. The van der Waals surface area contributed by atoms with Crippen LogP contribution in [0.4, 0.5) is 0 Å². The summed E-state index contributed by atoms with van der Waals surface area (Å²) in [5, 5.41) is 0. The highest BCUT2D eigenvalue weighted by Crippen LogP contribution is 1.90. The summed E-state index contributed by atoms with van der Waals surface area (Å²) in [5.41, 5.74) is 12.0. The second-order valence-electron chi connectivity index (χ2n) is 1.73. The summed E-state index contributed by atoms with van der Waals surface area (Å²) in [6, 6.07) is 0. The van der Waals surface area contributed by atoms with Crippen molar-refractivity contribution in [3.05, 3.63) is 36.2 Å². The van der Waals surface area contributed by atoms with Crippen LogP contribution in [0, 0.1) is 0 Å². The van der Waals surface area contributed by atoms with Crippen molar-refractivity contribution in [3.8, 4) is 0 Å². The monoisotopic (exact) mass is 124 g/mol. The van der Waals surface area contributed by atoms with Crippen LogP contribution in [-0.2, 0) is 0 Å². The van der Waals surface area contributed by atoms with Gasteiger partial charge in [-0.15, -0.1) is 0 Å². The molecule has 2 nitrogen and oxygen atoms in total. The van der Waals surface area contributed by atoms with Crippen LogP contribution in [-0.4, -0.2) is 0 Å². The number of nitrogens with two attached hydrogens (primary N) is 2. The molecule has 0 aliphatic rings. The van der Waals surface area contributed by atoms with Crippen molar-refractivity contribution in [2.75, 3.05) is 0 Å². The Balaban J connectivity index is 4.06. The predicted octanol–water partition coefficient (Wildman–Crippen LogP) is 0.878. The first-order valence-electron chi connectivity index (χ1n) is 2.69. The van der Waals surface area contributed by atoms with Gasteiger partial charge in [-0.3, -0.25) is 0 Å². The molecule has 0 bridgehead atoms. The minimum Gasteiger partial charge on any atom is -0.401 e. The molecule has 0 aromatic rings. The number of rotatable bonds is 2. The molecule has 0 aromatic heterocycles. The van der Waals surface area contributed by atoms with Crippen LogP contribution in [0.1, 0.15) is 6.92 Å². The highest BCUT2D eigenvalue weighted by molar-refractivity contribution is 5.21. The Bertz CT molecular complexity index is 150. The van der Waals surface area contributed by atoms with E-state index in [9.17, 15) is 0 Å². The van der Waals surface area contributed by atoms with Crippen molar-refractivity contribution in [2.45, 2.75) is 6.92 Å². The average molecular weight is 124 g/mol. The fourth-order valence-electron chi connectivity index (χ4n) is 0.303. The third-order valence-electron chi connectivity index (χ3n) is 0.867. The van der Waals surface area contributed by atoms with E-state index in [2.05, 4.69) is 6.58 Å². The molecule has 9 heavy (non-hydrogen) atoms. The Hall–Kier alpha value is -1.18. The fraction of sp³-hybridized carbons (Fsp3) is 0.143. The zero-order valence-electron chi connectivity index (χ0n) is 5.59. The van der Waals surface area contributed by atoms with Gasteiger partial charge in [-0.1, -0.05) is 18.7 Å². The van der Waals surface area contributed by atoms with Crippen LogP contribution in [0.25, 0.3) is 0 Å². The summed E-state index contributed by atoms with van der Waals surface area (Å²) < 4.78 is 0. The van der Waals surface area contributed by atoms with E-state index in [1.807, 2.05) is 0 Å². The van der Waals surface area contributed by atoms with Gasteiger partial charge < -0.3 is 11.5 Å². The van der Waals surface area contributed by atoms with E-state index in [-0.39, 0.29) is 0 Å². The lowest BCUT2D eigenvalue weighted by Gasteiger charge is -1.92. The van der Waals surface area contributed by atoms with E-state index >= 15 is 0 Å². The molecule has 0 saturated carbocycles. The highest BCUT2D eigenvalue weighted by Gasteiger charge is 1.82. The first-order valence-corrected chi connectivity index (χ1v) is 2.69. The molecule has 0 heterocycles. The lowest BCUT2D eigenvalue weighted by atomic mass is 10.3. The van der Waals surface area contributed by atoms with Crippen LogP contribution < -0.4 is 11.5 Å². The van der Waals surface area contributed by atoms with Crippen molar-refractivity contribution in [3.63, 3.8) is 0 Å². The molecule has 0 aliphatic carbocycles. The van der Waals surface area contributed by atoms with Crippen molar-refractivity contribution >= 4 is 0 Å². The van der Waals surface area contributed by atoms with Crippen molar-refractivity contribution in [1.82, 2.24) is 0 Å². The first kappa shape index (κ1) is 7.82. The molecule has 0 aliphatic heterocycles. The van der Waals surface area contributed by atoms with Gasteiger partial charge in [0.1, 0.15) is 0 Å². The molecule has 0 saturated heterocycles. The van der Waals surface area contributed by atoms with Gasteiger partial charge in [0.15, 0.2) is 0 Å². The predicted molar refractivity (Wildman–Crippen MR) is 40.4 cm³/mol. The van der Waals surface area contributed by atoms with Gasteiger partial charge in [-0.2, -0.15) is 0 Å². The standard InChI is InChI=1S/C7H12N2/c1-3-4-5-7(9)6(2)8/h3-5H,1,8-9H2,2H3/b5-4-,7-6-. The van der Waals surface area contributed by atoms with Crippen molar-refractivity contribution < 1.29 is 0 Å². The second kappa shape index (κ2) is 3.78. The minimum atomic E-state index is 0.593. The molecule has 0 unspecified atom stereocenters. The summed E-state index contributed by atoms with van der Waals surface area (Å²) in [6.45, 7) is 5.24. The van der Waals surface area contributed by atoms with Gasteiger partial charge in [0.25, 0.3) is 0 Å². The molecule has 50 valence electrons. The summed E-state index contributed by atoms with van der Waals surface area (Å²) in [6.07, 6.45) is 5.10. The summed E-state index contributed by atoms with van der Waals surface area (Å²) >= 11 is 0. The summed E-state index contributed by atoms with van der Waals surface area (Å²) in [7, 11) is 0. The van der Waals surface area contributed by atoms with Gasteiger partial charge in [-0.25, -0.2) is 0 Å². The van der Waals surface area contributed by atoms with Gasteiger partial charge in [0, 0.05) is 5.70 Å². The van der Waals surface area contributed by atoms with Gasteiger partial charge >= 0.3 is 0 Å². The SMILES string of the molecule is C=C/C=C\C(N)=C(/C)N. The van der Waals surface area contributed by atoms with Crippen LogP contribution >= 0.6 is 0 Å². The second-order valence-corrected chi connectivity index (χ2v) is 1.73. The van der Waals surface area contributed by atoms with E-state index in [0.29, 0.717) is 11.4 Å². The molecule has 0 rings (SSSR count). The van der Waals surface area contributed by atoms with E-state index in [0.717, 1.165) is 0 Å². The lowest BCUT2D eigenvalue weighted by Crippen LogP contribution is -2.03. The fourth-order valence-corrected chi connectivity index (χ4v) is 0.303. The van der Waals surface area contributed by atoms with Crippen molar-refractivity contribution in [2.24, 2.45) is 11.5 Å². The average Bonchev–Trinajstić information content (AvgIpc) is 1.82. The van der Waals surface area contributed by atoms with Gasteiger partial charge in [-0.05, 0) is 13.0 Å². The molecule has 0 amide bonds. The normalized spacial score (nSPS) is 13.4. The molecule has 4 N–H and O–H groups in total. The van der Waals surface area contributed by atoms with Crippen LogP contribution in [0.5, 0.6) is 0 Å². The zero-order chi connectivity index (χ0) is 7.28. The summed E-state index contributed by atoms with van der Waals surface area (Å²) in [5.74, 6) is 0.